The molecule has 3 heteroatoms. The van der Waals surface area contributed by atoms with Crippen LogP contribution in [0.15, 0.2) is 42.5 Å². The predicted octanol–water partition coefficient (Wildman–Crippen LogP) is 4.04. The summed E-state index contributed by atoms with van der Waals surface area (Å²) in [5.41, 5.74) is 0.912. The highest BCUT2D eigenvalue weighted by molar-refractivity contribution is 6.02. The molecule has 0 bridgehead atoms. The van der Waals surface area contributed by atoms with E-state index in [0.717, 1.165) is 29.5 Å². The Morgan fingerprint density at radius 1 is 0.909 bits per heavy atom. The Morgan fingerprint density at radius 3 is 2.41 bits per heavy atom. The van der Waals surface area contributed by atoms with E-state index in [0.29, 0.717) is 6.54 Å². The summed E-state index contributed by atoms with van der Waals surface area (Å²) in [5.74, 6) is 0.0944. The highest BCUT2D eigenvalue weighted by atomic mass is 16.2. The first-order chi connectivity index (χ1) is 10.8. The van der Waals surface area contributed by atoms with Gasteiger partial charge in [0.1, 0.15) is 0 Å². The molecule has 3 nitrogen and oxygen atoms in total. The van der Waals surface area contributed by atoms with Gasteiger partial charge in [-0.25, -0.2) is 0 Å². The van der Waals surface area contributed by atoms with Gasteiger partial charge in [0, 0.05) is 11.1 Å². The van der Waals surface area contributed by atoms with Crippen LogP contribution in [0.2, 0.25) is 0 Å². The lowest BCUT2D eigenvalue weighted by atomic mass is 10.1. The number of fused-ring (bicyclic) bond motifs is 1. The second kappa shape index (κ2) is 7.41. The number of benzene rings is 2. The monoisotopic (exact) mass is 296 g/mol. The van der Waals surface area contributed by atoms with E-state index in [4.69, 9.17) is 0 Å². The van der Waals surface area contributed by atoms with Crippen molar-refractivity contribution in [3.63, 3.8) is 0 Å². The molecule has 1 heterocycles. The molecule has 0 aromatic heterocycles. The smallest absolute Gasteiger partial charge is 0.238 e. The van der Waals surface area contributed by atoms with Crippen LogP contribution in [-0.4, -0.2) is 30.4 Å². The van der Waals surface area contributed by atoms with Crippen molar-refractivity contribution in [1.29, 1.82) is 0 Å². The molecule has 2 aromatic rings. The van der Waals surface area contributed by atoms with Gasteiger partial charge in [-0.3, -0.25) is 9.69 Å². The number of likely N-dealkylation sites (tertiary alicyclic amines) is 1. The minimum atomic E-state index is 0.0944. The van der Waals surface area contributed by atoms with Crippen LogP contribution in [0.25, 0.3) is 10.8 Å². The molecule has 0 spiro atoms. The van der Waals surface area contributed by atoms with Gasteiger partial charge in [-0.2, -0.15) is 0 Å². The number of nitrogens with one attached hydrogen (secondary N) is 1. The molecule has 0 aliphatic carbocycles. The molecule has 2 aromatic carbocycles. The summed E-state index contributed by atoms with van der Waals surface area (Å²) < 4.78 is 0. The minimum Gasteiger partial charge on any atom is -0.324 e. The molecule has 1 fully saturated rings. The van der Waals surface area contributed by atoms with Gasteiger partial charge >= 0.3 is 0 Å². The van der Waals surface area contributed by atoms with E-state index in [1.165, 1.54) is 32.1 Å². The van der Waals surface area contributed by atoms with Crippen molar-refractivity contribution >= 4 is 22.4 Å². The zero-order chi connectivity index (χ0) is 15.2. The molecular weight excluding hydrogens is 272 g/mol. The Kier molecular flexibility index (Phi) is 5.07. The average Bonchev–Trinajstić information content (AvgIpc) is 2.50. The number of hydrogen-bond donors (Lipinski definition) is 1. The van der Waals surface area contributed by atoms with Crippen LogP contribution in [-0.2, 0) is 4.79 Å². The summed E-state index contributed by atoms with van der Waals surface area (Å²) in [6, 6.07) is 14.2. The predicted molar refractivity (Wildman–Crippen MR) is 92.1 cm³/mol. The van der Waals surface area contributed by atoms with Crippen LogP contribution in [0.5, 0.6) is 0 Å². The molecule has 22 heavy (non-hydrogen) atoms. The quantitative estimate of drug-likeness (QED) is 0.927. The molecule has 3 rings (SSSR count). The standard InChI is InChI=1S/C19H24N2O/c22-19(15-21-13-6-2-1-3-7-14-21)20-18-12-8-10-16-9-4-5-11-17(16)18/h4-5,8-12H,1-3,6-7,13-15H2,(H,20,22). The van der Waals surface area contributed by atoms with Crippen LogP contribution in [0.3, 0.4) is 0 Å². The zero-order valence-corrected chi connectivity index (χ0v) is 13.1. The molecule has 0 radical (unpaired) electrons. The van der Waals surface area contributed by atoms with E-state index in [1.54, 1.807) is 0 Å². The lowest BCUT2D eigenvalue weighted by Crippen LogP contribution is -2.35. The van der Waals surface area contributed by atoms with Crippen molar-refractivity contribution in [1.82, 2.24) is 4.90 Å². The van der Waals surface area contributed by atoms with E-state index < -0.39 is 0 Å². The summed E-state index contributed by atoms with van der Waals surface area (Å²) in [6.07, 6.45) is 6.35. The molecule has 1 saturated heterocycles. The van der Waals surface area contributed by atoms with Crippen LogP contribution >= 0.6 is 0 Å². The fourth-order valence-corrected chi connectivity index (χ4v) is 3.20. The van der Waals surface area contributed by atoms with E-state index in [2.05, 4.69) is 28.4 Å². The molecule has 0 atom stereocenters. The Balaban J connectivity index is 1.65. The van der Waals surface area contributed by atoms with E-state index in [9.17, 15) is 4.79 Å². The summed E-state index contributed by atoms with van der Waals surface area (Å²) >= 11 is 0. The highest BCUT2D eigenvalue weighted by Crippen LogP contribution is 2.22. The van der Waals surface area contributed by atoms with Gasteiger partial charge in [-0.15, -0.1) is 0 Å². The SMILES string of the molecule is O=C(CN1CCCCCCC1)Nc1cccc2ccccc12. The van der Waals surface area contributed by atoms with E-state index >= 15 is 0 Å². The van der Waals surface area contributed by atoms with Crippen LogP contribution < -0.4 is 5.32 Å². The summed E-state index contributed by atoms with van der Waals surface area (Å²) in [7, 11) is 0. The molecular formula is C19H24N2O. The van der Waals surface area contributed by atoms with Crippen molar-refractivity contribution in [3.05, 3.63) is 42.5 Å². The van der Waals surface area contributed by atoms with Crippen molar-refractivity contribution < 1.29 is 4.79 Å². The lowest BCUT2D eigenvalue weighted by Gasteiger charge is -2.23. The maximum Gasteiger partial charge on any atom is 0.238 e. The van der Waals surface area contributed by atoms with Crippen LogP contribution in [0.4, 0.5) is 5.69 Å². The first-order valence-corrected chi connectivity index (χ1v) is 8.33. The number of anilines is 1. The Hall–Kier alpha value is -1.87. The van der Waals surface area contributed by atoms with Gasteiger partial charge in [-0.1, -0.05) is 55.7 Å². The number of amides is 1. The molecule has 1 N–H and O–H groups in total. The van der Waals surface area contributed by atoms with Gasteiger partial charge in [-0.05, 0) is 37.4 Å². The molecule has 0 saturated carbocycles. The lowest BCUT2D eigenvalue weighted by molar-refractivity contribution is -0.117. The number of hydrogen-bond acceptors (Lipinski definition) is 2. The fourth-order valence-electron chi connectivity index (χ4n) is 3.20. The maximum absolute atomic E-state index is 12.4. The largest absolute Gasteiger partial charge is 0.324 e. The molecule has 1 amide bonds. The van der Waals surface area contributed by atoms with Crippen LogP contribution in [0.1, 0.15) is 32.1 Å². The fraction of sp³-hybridized carbons (Fsp3) is 0.421. The van der Waals surface area contributed by atoms with Gasteiger partial charge in [0.05, 0.1) is 6.54 Å². The summed E-state index contributed by atoms with van der Waals surface area (Å²) in [6.45, 7) is 2.59. The molecule has 116 valence electrons. The maximum atomic E-state index is 12.4. The van der Waals surface area contributed by atoms with Crippen LogP contribution in [0, 0.1) is 0 Å². The van der Waals surface area contributed by atoms with Crippen molar-refractivity contribution in [2.45, 2.75) is 32.1 Å². The summed E-state index contributed by atoms with van der Waals surface area (Å²) in [5, 5.41) is 5.35. The van der Waals surface area contributed by atoms with Gasteiger partial charge in [0.25, 0.3) is 0 Å². The molecule has 1 aliphatic rings. The first kappa shape index (κ1) is 15.0. The topological polar surface area (TPSA) is 32.3 Å². The Bertz CT molecular complexity index is 625. The number of carbonyl (C=O) groups excluding carboxylic acids is 1. The van der Waals surface area contributed by atoms with Crippen molar-refractivity contribution in [2.75, 3.05) is 25.0 Å². The first-order valence-electron chi connectivity index (χ1n) is 8.33. The third-order valence-electron chi connectivity index (χ3n) is 4.38. The normalized spacial score (nSPS) is 16.9. The second-order valence-electron chi connectivity index (χ2n) is 6.12. The zero-order valence-electron chi connectivity index (χ0n) is 13.1. The number of carbonyl (C=O) groups is 1. The minimum absolute atomic E-state index is 0.0944. The average molecular weight is 296 g/mol. The van der Waals surface area contributed by atoms with Crippen molar-refractivity contribution in [2.24, 2.45) is 0 Å². The van der Waals surface area contributed by atoms with Crippen molar-refractivity contribution in [3.8, 4) is 0 Å². The van der Waals surface area contributed by atoms with Gasteiger partial charge < -0.3 is 5.32 Å². The highest BCUT2D eigenvalue weighted by Gasteiger charge is 2.13. The van der Waals surface area contributed by atoms with Gasteiger partial charge in [0.2, 0.25) is 5.91 Å². The number of nitrogens with zero attached hydrogens (tertiary/aromatic N) is 1. The van der Waals surface area contributed by atoms with E-state index in [-0.39, 0.29) is 5.91 Å². The second-order valence-corrected chi connectivity index (χ2v) is 6.12. The third-order valence-corrected chi connectivity index (χ3v) is 4.38. The third kappa shape index (κ3) is 3.86. The molecule has 1 aliphatic heterocycles. The van der Waals surface area contributed by atoms with E-state index in [1.807, 2.05) is 24.3 Å². The summed E-state index contributed by atoms with van der Waals surface area (Å²) in [4.78, 5) is 14.7. The Morgan fingerprint density at radius 2 is 1.59 bits per heavy atom. The number of rotatable bonds is 3. The van der Waals surface area contributed by atoms with Gasteiger partial charge in [0.15, 0.2) is 0 Å². The Labute approximate surface area is 132 Å². The molecule has 0 unspecified atom stereocenters.